The Morgan fingerprint density at radius 2 is 2.00 bits per heavy atom. The second-order valence-electron chi connectivity index (χ2n) is 5.14. The molecule has 0 aliphatic carbocycles. The number of benzene rings is 1. The molecule has 102 valence electrons. The van der Waals surface area contributed by atoms with E-state index in [-0.39, 0.29) is 6.04 Å². The molecule has 0 amide bonds. The van der Waals surface area contributed by atoms with Gasteiger partial charge in [0.1, 0.15) is 0 Å². The number of rotatable bonds is 6. The molecule has 2 aromatic rings. The van der Waals surface area contributed by atoms with Crippen molar-refractivity contribution in [2.75, 3.05) is 13.1 Å². The average Bonchev–Trinajstić information content (AvgIpc) is 2.90. The lowest BCUT2D eigenvalue weighted by Crippen LogP contribution is -2.30. The molecule has 2 rings (SSSR count). The third kappa shape index (κ3) is 3.66. The van der Waals surface area contributed by atoms with Gasteiger partial charge in [-0.2, -0.15) is 5.10 Å². The summed E-state index contributed by atoms with van der Waals surface area (Å²) in [6.07, 6.45) is 3.93. The monoisotopic (exact) mass is 258 g/mol. The zero-order valence-electron chi connectivity index (χ0n) is 11.6. The lowest BCUT2D eigenvalue weighted by molar-refractivity contribution is 0.479. The minimum atomic E-state index is 0.167. The zero-order valence-corrected chi connectivity index (χ0v) is 11.6. The first-order valence-electron chi connectivity index (χ1n) is 6.74. The van der Waals surface area contributed by atoms with Crippen molar-refractivity contribution in [2.24, 2.45) is 11.7 Å². The number of hydrogen-bond acceptors (Lipinski definition) is 3. The van der Waals surface area contributed by atoms with Gasteiger partial charge in [-0.3, -0.25) is 0 Å². The molecule has 0 bridgehead atoms. The van der Waals surface area contributed by atoms with E-state index in [1.165, 1.54) is 0 Å². The molecule has 19 heavy (non-hydrogen) atoms. The molecule has 1 aromatic carbocycles. The topological polar surface area (TPSA) is 55.9 Å². The van der Waals surface area contributed by atoms with Gasteiger partial charge < -0.3 is 11.1 Å². The van der Waals surface area contributed by atoms with Crippen molar-refractivity contribution in [2.45, 2.75) is 19.9 Å². The summed E-state index contributed by atoms with van der Waals surface area (Å²) in [5, 5.41) is 7.88. The number of aromatic nitrogens is 2. The van der Waals surface area contributed by atoms with E-state index in [4.69, 9.17) is 5.73 Å². The van der Waals surface area contributed by atoms with Gasteiger partial charge in [-0.15, -0.1) is 0 Å². The Balaban J connectivity index is 2.11. The van der Waals surface area contributed by atoms with Gasteiger partial charge in [0.2, 0.25) is 0 Å². The van der Waals surface area contributed by atoms with Gasteiger partial charge in [-0.05, 0) is 24.6 Å². The maximum absolute atomic E-state index is 5.84. The van der Waals surface area contributed by atoms with E-state index in [9.17, 15) is 0 Å². The summed E-state index contributed by atoms with van der Waals surface area (Å²) in [7, 11) is 0. The fourth-order valence-electron chi connectivity index (χ4n) is 1.95. The molecule has 1 unspecified atom stereocenters. The van der Waals surface area contributed by atoms with Crippen molar-refractivity contribution in [3.63, 3.8) is 0 Å². The smallest absolute Gasteiger partial charge is 0.0645 e. The van der Waals surface area contributed by atoms with Crippen molar-refractivity contribution in [1.29, 1.82) is 0 Å². The van der Waals surface area contributed by atoms with Crippen LogP contribution in [0, 0.1) is 5.92 Å². The van der Waals surface area contributed by atoms with Crippen molar-refractivity contribution in [3.8, 4) is 5.69 Å². The van der Waals surface area contributed by atoms with Crippen LogP contribution in [-0.2, 0) is 0 Å². The van der Waals surface area contributed by atoms with E-state index in [0.29, 0.717) is 12.5 Å². The highest BCUT2D eigenvalue weighted by Crippen LogP contribution is 2.14. The van der Waals surface area contributed by atoms with Gasteiger partial charge in [0.15, 0.2) is 0 Å². The minimum Gasteiger partial charge on any atom is -0.329 e. The molecule has 0 spiro atoms. The summed E-state index contributed by atoms with van der Waals surface area (Å²) in [5.74, 6) is 0.609. The fraction of sp³-hybridized carbons (Fsp3) is 0.400. The third-order valence-electron chi connectivity index (χ3n) is 3.03. The van der Waals surface area contributed by atoms with Crippen LogP contribution in [0.5, 0.6) is 0 Å². The van der Waals surface area contributed by atoms with Crippen LogP contribution in [0.15, 0.2) is 42.7 Å². The highest BCUT2D eigenvalue weighted by atomic mass is 15.3. The third-order valence-corrected chi connectivity index (χ3v) is 3.03. The summed E-state index contributed by atoms with van der Waals surface area (Å²) in [5.41, 5.74) is 8.03. The van der Waals surface area contributed by atoms with E-state index >= 15 is 0 Å². The average molecular weight is 258 g/mol. The second-order valence-corrected chi connectivity index (χ2v) is 5.14. The molecule has 1 heterocycles. The number of nitrogens with one attached hydrogen (secondary N) is 1. The van der Waals surface area contributed by atoms with E-state index in [2.05, 4.69) is 24.3 Å². The SMILES string of the molecule is CC(C)CNC(CN)c1cnn(-c2ccccc2)c1. The molecule has 4 nitrogen and oxygen atoms in total. The van der Waals surface area contributed by atoms with Gasteiger partial charge in [-0.1, -0.05) is 32.0 Å². The van der Waals surface area contributed by atoms with E-state index in [1.54, 1.807) is 0 Å². The number of hydrogen-bond donors (Lipinski definition) is 2. The molecule has 1 atom stereocenters. The van der Waals surface area contributed by atoms with Gasteiger partial charge >= 0.3 is 0 Å². The van der Waals surface area contributed by atoms with E-state index in [1.807, 2.05) is 47.4 Å². The first kappa shape index (κ1) is 13.8. The fourth-order valence-corrected chi connectivity index (χ4v) is 1.95. The van der Waals surface area contributed by atoms with Crippen LogP contribution < -0.4 is 11.1 Å². The molecule has 1 aromatic heterocycles. The molecular weight excluding hydrogens is 236 g/mol. The molecule has 0 saturated carbocycles. The van der Waals surface area contributed by atoms with Gasteiger partial charge in [0.25, 0.3) is 0 Å². The van der Waals surface area contributed by atoms with Crippen LogP contribution in [0.2, 0.25) is 0 Å². The van der Waals surface area contributed by atoms with Crippen LogP contribution in [-0.4, -0.2) is 22.9 Å². The van der Waals surface area contributed by atoms with E-state index < -0.39 is 0 Å². The summed E-state index contributed by atoms with van der Waals surface area (Å²) in [6, 6.07) is 10.3. The van der Waals surface area contributed by atoms with Gasteiger partial charge in [-0.25, -0.2) is 4.68 Å². The van der Waals surface area contributed by atoms with Crippen LogP contribution in [0.25, 0.3) is 5.69 Å². The molecule has 0 aliphatic heterocycles. The Hall–Kier alpha value is -1.65. The first-order chi connectivity index (χ1) is 9.20. The van der Waals surface area contributed by atoms with Crippen LogP contribution in [0.3, 0.4) is 0 Å². The summed E-state index contributed by atoms with van der Waals surface area (Å²) in [4.78, 5) is 0. The molecule has 0 aliphatic rings. The van der Waals surface area contributed by atoms with Gasteiger partial charge in [0.05, 0.1) is 11.9 Å². The van der Waals surface area contributed by atoms with E-state index in [0.717, 1.165) is 17.8 Å². The largest absolute Gasteiger partial charge is 0.329 e. The molecule has 0 radical (unpaired) electrons. The molecule has 0 fully saturated rings. The lowest BCUT2D eigenvalue weighted by atomic mass is 10.1. The maximum atomic E-state index is 5.84. The number of nitrogens with zero attached hydrogens (tertiary/aromatic N) is 2. The molecule has 4 heteroatoms. The second kappa shape index (κ2) is 6.50. The summed E-state index contributed by atoms with van der Waals surface area (Å²) < 4.78 is 1.88. The Labute approximate surface area is 114 Å². The highest BCUT2D eigenvalue weighted by molar-refractivity contribution is 5.31. The predicted molar refractivity (Wildman–Crippen MR) is 78.2 cm³/mol. The van der Waals surface area contributed by atoms with Crippen molar-refractivity contribution < 1.29 is 0 Å². The van der Waals surface area contributed by atoms with Crippen molar-refractivity contribution >= 4 is 0 Å². The normalized spacial score (nSPS) is 12.8. The molecular formula is C15H22N4. The lowest BCUT2D eigenvalue weighted by Gasteiger charge is -2.16. The molecule has 0 saturated heterocycles. The van der Waals surface area contributed by atoms with Gasteiger partial charge in [0, 0.05) is 24.3 Å². The minimum absolute atomic E-state index is 0.167. The van der Waals surface area contributed by atoms with Crippen molar-refractivity contribution in [3.05, 3.63) is 48.3 Å². The Morgan fingerprint density at radius 1 is 1.26 bits per heavy atom. The standard InChI is InChI=1S/C15H22N4/c1-12(2)9-17-15(8-16)13-10-18-19(11-13)14-6-4-3-5-7-14/h3-7,10-12,15,17H,8-9,16H2,1-2H3. The zero-order chi connectivity index (χ0) is 13.7. The maximum Gasteiger partial charge on any atom is 0.0645 e. The summed E-state index contributed by atoms with van der Waals surface area (Å²) in [6.45, 7) is 5.91. The van der Waals surface area contributed by atoms with Crippen LogP contribution >= 0.6 is 0 Å². The summed E-state index contributed by atoms with van der Waals surface area (Å²) >= 11 is 0. The molecule has 3 N–H and O–H groups in total. The quantitative estimate of drug-likeness (QED) is 0.834. The first-order valence-corrected chi connectivity index (χ1v) is 6.74. The van der Waals surface area contributed by atoms with Crippen molar-refractivity contribution in [1.82, 2.24) is 15.1 Å². The predicted octanol–water partition coefficient (Wildman–Crippen LogP) is 2.12. The number of nitrogens with two attached hydrogens (primary N) is 1. The van der Waals surface area contributed by atoms with Crippen LogP contribution in [0.1, 0.15) is 25.5 Å². The highest BCUT2D eigenvalue weighted by Gasteiger charge is 2.12. The number of para-hydroxylation sites is 1. The van der Waals surface area contributed by atoms with Crippen LogP contribution in [0.4, 0.5) is 0 Å². The Kier molecular flexibility index (Phi) is 4.71. The Bertz CT molecular complexity index is 490. The Morgan fingerprint density at radius 3 is 2.63 bits per heavy atom.